The summed E-state index contributed by atoms with van der Waals surface area (Å²) < 4.78 is 5.41. The predicted octanol–water partition coefficient (Wildman–Crippen LogP) is 3.01. The second-order valence-corrected chi connectivity index (χ2v) is 7.14. The van der Waals surface area contributed by atoms with Crippen LogP contribution in [0.4, 0.5) is 0 Å². The minimum Gasteiger partial charge on any atom is -0.381 e. The molecule has 1 atom stereocenters. The van der Waals surface area contributed by atoms with Crippen LogP contribution in [0.3, 0.4) is 0 Å². The molecule has 1 unspecified atom stereocenters. The molecular weight excluding hydrogens is 248 g/mol. The number of nitrogens with one attached hydrogen (secondary N) is 1. The predicted molar refractivity (Wildman–Crippen MR) is 87.1 cm³/mol. The first-order chi connectivity index (χ1) is 9.58. The van der Waals surface area contributed by atoms with Crippen LogP contribution >= 0.6 is 0 Å². The molecule has 0 amide bonds. The molecule has 1 N–H and O–H groups in total. The van der Waals surface area contributed by atoms with Gasteiger partial charge in [-0.1, -0.05) is 27.7 Å². The van der Waals surface area contributed by atoms with Gasteiger partial charge in [-0.25, -0.2) is 0 Å². The van der Waals surface area contributed by atoms with Gasteiger partial charge < -0.3 is 15.0 Å². The molecule has 1 aliphatic rings. The van der Waals surface area contributed by atoms with E-state index >= 15 is 0 Å². The van der Waals surface area contributed by atoms with Crippen molar-refractivity contribution >= 4 is 0 Å². The van der Waals surface area contributed by atoms with Gasteiger partial charge in [-0.15, -0.1) is 0 Å². The van der Waals surface area contributed by atoms with Crippen molar-refractivity contribution in [3.8, 4) is 0 Å². The molecule has 20 heavy (non-hydrogen) atoms. The summed E-state index contributed by atoms with van der Waals surface area (Å²) in [5.74, 6) is 2.36. The highest BCUT2D eigenvalue weighted by molar-refractivity contribution is 4.68. The van der Waals surface area contributed by atoms with Crippen molar-refractivity contribution in [1.29, 1.82) is 0 Å². The highest BCUT2D eigenvalue weighted by Gasteiger charge is 2.14. The smallest absolute Gasteiger partial charge is 0.0507 e. The molecule has 1 heterocycles. The first kappa shape index (κ1) is 17.9. The van der Waals surface area contributed by atoms with Crippen LogP contribution in [0.1, 0.15) is 47.0 Å². The van der Waals surface area contributed by atoms with Gasteiger partial charge in [-0.05, 0) is 50.1 Å². The average molecular weight is 284 g/mol. The van der Waals surface area contributed by atoms with E-state index in [1.807, 2.05) is 0 Å². The largest absolute Gasteiger partial charge is 0.381 e. The first-order valence-electron chi connectivity index (χ1n) is 8.58. The lowest BCUT2D eigenvalue weighted by Gasteiger charge is -2.24. The van der Waals surface area contributed by atoms with Gasteiger partial charge in [0, 0.05) is 26.2 Å². The molecule has 0 aromatic rings. The standard InChI is InChI=1S/C17H36N2O/c1-15(2)5-9-19(10-6-16(3)4)11-8-18-13-17-7-12-20-14-17/h15-18H,5-14H2,1-4H3. The summed E-state index contributed by atoms with van der Waals surface area (Å²) in [5, 5.41) is 3.61. The van der Waals surface area contributed by atoms with Gasteiger partial charge in [0.1, 0.15) is 0 Å². The third-order valence-electron chi connectivity index (χ3n) is 4.11. The Balaban J connectivity index is 2.13. The maximum Gasteiger partial charge on any atom is 0.0507 e. The van der Waals surface area contributed by atoms with Gasteiger partial charge in [0.05, 0.1) is 6.61 Å². The first-order valence-corrected chi connectivity index (χ1v) is 8.58. The summed E-state index contributed by atoms with van der Waals surface area (Å²) >= 11 is 0. The number of hydrogen-bond acceptors (Lipinski definition) is 3. The molecule has 3 nitrogen and oxygen atoms in total. The second kappa shape index (κ2) is 10.6. The van der Waals surface area contributed by atoms with Crippen molar-refractivity contribution in [3.63, 3.8) is 0 Å². The van der Waals surface area contributed by atoms with E-state index < -0.39 is 0 Å². The van der Waals surface area contributed by atoms with Gasteiger partial charge in [-0.2, -0.15) is 0 Å². The molecule has 1 aliphatic heterocycles. The van der Waals surface area contributed by atoms with Crippen LogP contribution in [0.2, 0.25) is 0 Å². The van der Waals surface area contributed by atoms with E-state index in [9.17, 15) is 0 Å². The molecule has 0 spiro atoms. The van der Waals surface area contributed by atoms with Gasteiger partial charge in [0.25, 0.3) is 0 Å². The highest BCUT2D eigenvalue weighted by atomic mass is 16.5. The molecule has 120 valence electrons. The van der Waals surface area contributed by atoms with Crippen LogP contribution in [0, 0.1) is 17.8 Å². The monoisotopic (exact) mass is 284 g/mol. The van der Waals surface area contributed by atoms with Crippen LogP contribution in [-0.4, -0.2) is 50.8 Å². The molecule has 1 fully saturated rings. The van der Waals surface area contributed by atoms with Gasteiger partial charge >= 0.3 is 0 Å². The summed E-state index contributed by atoms with van der Waals surface area (Å²) in [6.07, 6.45) is 3.86. The summed E-state index contributed by atoms with van der Waals surface area (Å²) in [5.41, 5.74) is 0. The molecule has 0 bridgehead atoms. The molecule has 0 aromatic carbocycles. The average Bonchev–Trinajstić information content (AvgIpc) is 2.89. The fourth-order valence-electron chi connectivity index (χ4n) is 2.50. The molecule has 0 saturated carbocycles. The Hall–Kier alpha value is -0.120. The molecule has 3 heteroatoms. The Kier molecular flexibility index (Phi) is 9.49. The lowest BCUT2D eigenvalue weighted by molar-refractivity contribution is 0.184. The van der Waals surface area contributed by atoms with E-state index in [2.05, 4.69) is 37.9 Å². The summed E-state index contributed by atoms with van der Waals surface area (Å²) in [6.45, 7) is 17.1. The van der Waals surface area contributed by atoms with Crippen molar-refractivity contribution in [2.45, 2.75) is 47.0 Å². The fraction of sp³-hybridized carbons (Fsp3) is 1.00. The number of ether oxygens (including phenoxy) is 1. The van der Waals surface area contributed by atoms with E-state index in [1.54, 1.807) is 0 Å². The quantitative estimate of drug-likeness (QED) is 0.590. The van der Waals surface area contributed by atoms with Crippen LogP contribution in [0.15, 0.2) is 0 Å². The van der Waals surface area contributed by atoms with Crippen molar-refractivity contribution in [2.24, 2.45) is 17.8 Å². The lowest BCUT2D eigenvalue weighted by atomic mass is 10.1. The maximum atomic E-state index is 5.41. The molecule has 1 rings (SSSR count). The summed E-state index contributed by atoms with van der Waals surface area (Å²) in [6, 6.07) is 0. The van der Waals surface area contributed by atoms with Crippen molar-refractivity contribution in [1.82, 2.24) is 10.2 Å². The third kappa shape index (κ3) is 8.93. The second-order valence-electron chi connectivity index (χ2n) is 7.14. The Bertz CT molecular complexity index is 213. The van der Waals surface area contributed by atoms with E-state index in [0.717, 1.165) is 44.1 Å². The van der Waals surface area contributed by atoms with Gasteiger partial charge in [0.15, 0.2) is 0 Å². The molecule has 1 saturated heterocycles. The fourth-order valence-corrected chi connectivity index (χ4v) is 2.50. The van der Waals surface area contributed by atoms with E-state index in [0.29, 0.717) is 0 Å². The SMILES string of the molecule is CC(C)CCN(CCNCC1CCOC1)CCC(C)C. The number of rotatable bonds is 11. The zero-order chi connectivity index (χ0) is 14.8. The van der Waals surface area contributed by atoms with E-state index in [1.165, 1.54) is 38.9 Å². The summed E-state index contributed by atoms with van der Waals surface area (Å²) in [4.78, 5) is 2.64. The van der Waals surface area contributed by atoms with Crippen molar-refractivity contribution < 1.29 is 4.74 Å². The Morgan fingerprint density at radius 2 is 1.70 bits per heavy atom. The van der Waals surface area contributed by atoms with Crippen LogP contribution in [0.5, 0.6) is 0 Å². The highest BCUT2D eigenvalue weighted by Crippen LogP contribution is 2.10. The minimum atomic E-state index is 0.745. The topological polar surface area (TPSA) is 24.5 Å². The zero-order valence-electron chi connectivity index (χ0n) is 14.2. The lowest BCUT2D eigenvalue weighted by Crippen LogP contribution is -2.36. The minimum absolute atomic E-state index is 0.745. The molecule has 0 aromatic heterocycles. The van der Waals surface area contributed by atoms with E-state index in [4.69, 9.17) is 4.74 Å². The number of hydrogen-bond donors (Lipinski definition) is 1. The van der Waals surface area contributed by atoms with Gasteiger partial charge in [-0.3, -0.25) is 0 Å². The Morgan fingerprint density at radius 3 is 2.20 bits per heavy atom. The molecule has 0 aliphatic carbocycles. The zero-order valence-corrected chi connectivity index (χ0v) is 14.2. The summed E-state index contributed by atoms with van der Waals surface area (Å²) in [7, 11) is 0. The van der Waals surface area contributed by atoms with E-state index in [-0.39, 0.29) is 0 Å². The van der Waals surface area contributed by atoms with Crippen LogP contribution < -0.4 is 5.32 Å². The molecular formula is C17H36N2O. The van der Waals surface area contributed by atoms with Gasteiger partial charge in [0.2, 0.25) is 0 Å². The number of nitrogens with zero attached hydrogens (tertiary/aromatic N) is 1. The van der Waals surface area contributed by atoms with Crippen LogP contribution in [-0.2, 0) is 4.74 Å². The third-order valence-corrected chi connectivity index (χ3v) is 4.11. The maximum absolute atomic E-state index is 5.41. The van der Waals surface area contributed by atoms with Crippen molar-refractivity contribution in [3.05, 3.63) is 0 Å². The Labute approximate surface area is 126 Å². The van der Waals surface area contributed by atoms with Crippen LogP contribution in [0.25, 0.3) is 0 Å². The normalized spacial score (nSPS) is 19.6. The van der Waals surface area contributed by atoms with Crippen molar-refractivity contribution in [2.75, 3.05) is 45.9 Å². The Morgan fingerprint density at radius 1 is 1.05 bits per heavy atom. The molecule has 0 radical (unpaired) electrons.